The summed E-state index contributed by atoms with van der Waals surface area (Å²) in [5.74, 6) is -2.05. The van der Waals surface area contributed by atoms with Gasteiger partial charge in [-0.25, -0.2) is 4.79 Å². The van der Waals surface area contributed by atoms with E-state index in [4.69, 9.17) is 4.74 Å². The number of amides is 3. The second-order valence-electron chi connectivity index (χ2n) is 7.90. The zero-order chi connectivity index (χ0) is 24.5. The molecule has 0 saturated carbocycles. The highest BCUT2D eigenvalue weighted by Gasteiger charge is 2.34. The Kier molecular flexibility index (Phi) is 9.86. The number of aliphatic hydroxyl groups excluding tert-OH is 1. The summed E-state index contributed by atoms with van der Waals surface area (Å²) in [5, 5.41) is 14.4. The van der Waals surface area contributed by atoms with Gasteiger partial charge in [0.1, 0.15) is 24.2 Å². The molecule has 3 N–H and O–H groups in total. The predicted molar refractivity (Wildman–Crippen MR) is 117 cm³/mol. The van der Waals surface area contributed by atoms with Crippen LogP contribution in [0.2, 0.25) is 0 Å². The lowest BCUT2D eigenvalue weighted by Gasteiger charge is -2.31. The average Bonchev–Trinajstić information content (AvgIpc) is 2.74. The van der Waals surface area contributed by atoms with Gasteiger partial charge in [-0.05, 0) is 38.0 Å². The molecule has 10 heteroatoms. The summed E-state index contributed by atoms with van der Waals surface area (Å²) in [6.07, 6.45) is 0.689. The van der Waals surface area contributed by atoms with Crippen molar-refractivity contribution in [3.05, 3.63) is 42.0 Å². The molecule has 1 aromatic rings. The number of methoxy groups -OCH3 is 1. The van der Waals surface area contributed by atoms with Gasteiger partial charge in [0.2, 0.25) is 11.8 Å². The van der Waals surface area contributed by atoms with E-state index in [9.17, 15) is 24.3 Å². The van der Waals surface area contributed by atoms with Crippen molar-refractivity contribution in [3.63, 3.8) is 0 Å². The zero-order valence-electron chi connectivity index (χ0n) is 19.0. The molecule has 0 radical (unpaired) electrons. The average molecular weight is 450 g/mol. The molecule has 0 fully saturated rings. The van der Waals surface area contributed by atoms with Gasteiger partial charge in [-0.3, -0.25) is 14.4 Å². The van der Waals surface area contributed by atoms with Gasteiger partial charge in [-0.2, -0.15) is 0 Å². The molecule has 32 heavy (non-hydrogen) atoms. The quantitative estimate of drug-likeness (QED) is 0.479. The van der Waals surface area contributed by atoms with Gasteiger partial charge in [0.05, 0.1) is 13.7 Å². The highest BCUT2D eigenvalue weighted by Crippen LogP contribution is 2.22. The number of benzene rings is 1. The van der Waals surface area contributed by atoms with Crippen LogP contribution in [0.3, 0.4) is 0 Å². The number of carbonyl (C=O) groups is 4. The molecule has 0 spiro atoms. The Hall–Kier alpha value is -3.40. The lowest BCUT2D eigenvalue weighted by Crippen LogP contribution is -2.53. The maximum absolute atomic E-state index is 13.0. The van der Waals surface area contributed by atoms with E-state index in [0.717, 1.165) is 4.90 Å². The number of alkyl carbamates (subject to hydrolysis) is 1. The van der Waals surface area contributed by atoms with Crippen molar-refractivity contribution < 1.29 is 33.8 Å². The molecule has 2 unspecified atom stereocenters. The van der Waals surface area contributed by atoms with Crippen molar-refractivity contribution in [3.8, 4) is 0 Å². The standard InChI is InChI=1S/C22H31N3O7/c1-7-14-9-8-10-15(11-14)18(19(28)23-12-17(27)31-6)25(5)20(29)16(13-26)24-21(30)32-22(2,3)4/h7-11,16,18,26H,1,12-13H2,2-6H3,(H,23,28)(H,24,30). The summed E-state index contributed by atoms with van der Waals surface area (Å²) in [6, 6.07) is 4.23. The van der Waals surface area contributed by atoms with Gasteiger partial charge < -0.3 is 30.1 Å². The van der Waals surface area contributed by atoms with Gasteiger partial charge in [0, 0.05) is 7.05 Å². The lowest BCUT2D eigenvalue weighted by molar-refractivity contribution is -0.144. The second-order valence-corrected chi connectivity index (χ2v) is 7.90. The molecule has 1 aromatic carbocycles. The van der Waals surface area contributed by atoms with Crippen LogP contribution in [0.5, 0.6) is 0 Å². The fourth-order valence-corrected chi connectivity index (χ4v) is 2.74. The smallest absolute Gasteiger partial charge is 0.408 e. The molecule has 2 atom stereocenters. The Bertz CT molecular complexity index is 848. The fourth-order valence-electron chi connectivity index (χ4n) is 2.74. The van der Waals surface area contributed by atoms with Crippen molar-refractivity contribution in [2.75, 3.05) is 27.3 Å². The van der Waals surface area contributed by atoms with Crippen LogP contribution >= 0.6 is 0 Å². The third-order valence-electron chi connectivity index (χ3n) is 4.25. The molecule has 0 aliphatic rings. The summed E-state index contributed by atoms with van der Waals surface area (Å²) in [6.45, 7) is 7.55. The molecule has 176 valence electrons. The maximum Gasteiger partial charge on any atom is 0.408 e. The molecule has 0 heterocycles. The molecule has 10 nitrogen and oxygen atoms in total. The van der Waals surface area contributed by atoms with E-state index in [2.05, 4.69) is 21.9 Å². The Morgan fingerprint density at radius 3 is 2.44 bits per heavy atom. The van der Waals surface area contributed by atoms with E-state index in [-0.39, 0.29) is 0 Å². The first-order valence-corrected chi connectivity index (χ1v) is 9.87. The van der Waals surface area contributed by atoms with Gasteiger partial charge in [0.25, 0.3) is 0 Å². The monoisotopic (exact) mass is 449 g/mol. The van der Waals surface area contributed by atoms with Gasteiger partial charge in [-0.1, -0.05) is 30.9 Å². The summed E-state index contributed by atoms with van der Waals surface area (Å²) in [4.78, 5) is 50.6. The number of rotatable bonds is 9. The first-order valence-electron chi connectivity index (χ1n) is 9.87. The summed E-state index contributed by atoms with van der Waals surface area (Å²) >= 11 is 0. The van der Waals surface area contributed by atoms with Crippen LogP contribution in [0.4, 0.5) is 4.79 Å². The van der Waals surface area contributed by atoms with Crippen LogP contribution < -0.4 is 10.6 Å². The van der Waals surface area contributed by atoms with E-state index in [0.29, 0.717) is 11.1 Å². The second kappa shape index (κ2) is 11.8. The Balaban J connectivity index is 3.18. The number of nitrogens with zero attached hydrogens (tertiary/aromatic N) is 1. The molecule has 0 aromatic heterocycles. The van der Waals surface area contributed by atoms with E-state index in [1.54, 1.807) is 51.1 Å². The van der Waals surface area contributed by atoms with Crippen molar-refractivity contribution in [1.29, 1.82) is 0 Å². The molecule has 1 rings (SSSR count). The molecule has 0 aliphatic heterocycles. The van der Waals surface area contributed by atoms with Crippen LogP contribution in [-0.4, -0.2) is 72.8 Å². The third kappa shape index (κ3) is 8.03. The molecule has 0 saturated heterocycles. The minimum absolute atomic E-state index is 0.394. The van der Waals surface area contributed by atoms with Crippen LogP contribution in [0.1, 0.15) is 37.9 Å². The molecule has 3 amide bonds. The number of hydrogen-bond acceptors (Lipinski definition) is 7. The number of hydrogen-bond donors (Lipinski definition) is 3. The lowest BCUT2D eigenvalue weighted by atomic mass is 10.0. The summed E-state index contributed by atoms with van der Waals surface area (Å²) in [5.41, 5.74) is 0.342. The maximum atomic E-state index is 13.0. The number of aliphatic hydroxyl groups is 1. The zero-order valence-corrected chi connectivity index (χ0v) is 19.0. The highest BCUT2D eigenvalue weighted by molar-refractivity contribution is 5.93. The van der Waals surface area contributed by atoms with Crippen molar-refractivity contribution in [2.24, 2.45) is 0 Å². The Labute approximate surface area is 187 Å². The normalized spacial score (nSPS) is 12.7. The van der Waals surface area contributed by atoms with Gasteiger partial charge in [-0.15, -0.1) is 0 Å². The number of carbonyl (C=O) groups excluding carboxylic acids is 4. The predicted octanol–water partition coefficient (Wildman–Crippen LogP) is 1.00. The van der Waals surface area contributed by atoms with Crippen molar-refractivity contribution in [1.82, 2.24) is 15.5 Å². The van der Waals surface area contributed by atoms with E-state index in [1.165, 1.54) is 14.2 Å². The van der Waals surface area contributed by atoms with Crippen molar-refractivity contribution in [2.45, 2.75) is 38.5 Å². The van der Waals surface area contributed by atoms with Crippen LogP contribution in [0, 0.1) is 0 Å². The highest BCUT2D eigenvalue weighted by atomic mass is 16.6. The van der Waals surface area contributed by atoms with Crippen LogP contribution in [-0.2, 0) is 23.9 Å². The molecule has 0 bridgehead atoms. The third-order valence-corrected chi connectivity index (χ3v) is 4.25. The number of nitrogens with one attached hydrogen (secondary N) is 2. The SMILES string of the molecule is C=Cc1cccc(C(C(=O)NCC(=O)OC)N(C)C(=O)C(CO)NC(=O)OC(C)(C)C)c1. The van der Waals surface area contributed by atoms with E-state index in [1.807, 2.05) is 0 Å². The Morgan fingerprint density at radius 2 is 1.91 bits per heavy atom. The largest absolute Gasteiger partial charge is 0.468 e. The minimum atomic E-state index is -1.35. The first-order chi connectivity index (χ1) is 14.9. The molecular formula is C22H31N3O7. The number of esters is 1. The number of likely N-dealkylation sites (N-methyl/N-ethyl adjacent to an activating group) is 1. The van der Waals surface area contributed by atoms with Gasteiger partial charge >= 0.3 is 12.1 Å². The topological polar surface area (TPSA) is 134 Å². The van der Waals surface area contributed by atoms with Gasteiger partial charge in [0.15, 0.2) is 0 Å². The molecule has 0 aliphatic carbocycles. The van der Waals surface area contributed by atoms with Crippen LogP contribution in [0.25, 0.3) is 6.08 Å². The summed E-state index contributed by atoms with van der Waals surface area (Å²) in [7, 11) is 2.54. The number of ether oxygens (including phenoxy) is 2. The van der Waals surface area contributed by atoms with E-state index >= 15 is 0 Å². The first kappa shape index (κ1) is 26.6. The van der Waals surface area contributed by atoms with Crippen molar-refractivity contribution >= 4 is 30.0 Å². The Morgan fingerprint density at radius 1 is 1.25 bits per heavy atom. The van der Waals surface area contributed by atoms with E-state index < -0.39 is 54.7 Å². The minimum Gasteiger partial charge on any atom is -0.468 e. The summed E-state index contributed by atoms with van der Waals surface area (Å²) < 4.78 is 9.65. The molecular weight excluding hydrogens is 418 g/mol. The fraction of sp³-hybridized carbons (Fsp3) is 0.455. The van der Waals surface area contributed by atoms with Crippen LogP contribution in [0.15, 0.2) is 30.8 Å².